The molecule has 3 N–H and O–H groups in total. The molecule has 118 valence electrons. The van der Waals surface area contributed by atoms with Crippen molar-refractivity contribution in [2.75, 3.05) is 13.6 Å². The summed E-state index contributed by atoms with van der Waals surface area (Å²) < 4.78 is 5.69. The van der Waals surface area contributed by atoms with E-state index in [2.05, 4.69) is 64.3 Å². The Labute approximate surface area is 129 Å². The molecule has 1 aromatic rings. The molecule has 0 amide bonds. The van der Waals surface area contributed by atoms with Gasteiger partial charge in [-0.1, -0.05) is 6.92 Å². The van der Waals surface area contributed by atoms with Gasteiger partial charge in [-0.3, -0.25) is 0 Å². The van der Waals surface area contributed by atoms with Crippen molar-refractivity contribution in [3.8, 4) is 5.75 Å². The fourth-order valence-electron chi connectivity index (χ4n) is 3.29. The topological polar surface area (TPSA) is 30.3 Å². The number of likely N-dealkylation sites (tertiary alicyclic amines) is 1. The molecule has 0 radical (unpaired) electrons. The highest BCUT2D eigenvalue weighted by molar-refractivity contribution is 5.26. The minimum Gasteiger partial charge on any atom is -0.491 e. The van der Waals surface area contributed by atoms with Gasteiger partial charge in [0.05, 0.1) is 44.1 Å². The molecule has 1 unspecified atom stereocenters. The van der Waals surface area contributed by atoms with Gasteiger partial charge in [0.2, 0.25) is 0 Å². The number of nitrogens with one attached hydrogen (secondary N) is 1. The van der Waals surface area contributed by atoms with E-state index in [0.717, 1.165) is 30.3 Å². The van der Waals surface area contributed by atoms with E-state index < -0.39 is 0 Å². The van der Waals surface area contributed by atoms with Gasteiger partial charge in [0.25, 0.3) is 0 Å². The smallest absolute Gasteiger partial charge is 0.119 e. The van der Waals surface area contributed by atoms with Crippen LogP contribution in [-0.2, 0) is 6.54 Å². The first-order chi connectivity index (χ1) is 9.95. The zero-order valence-corrected chi connectivity index (χ0v) is 14.2. The molecule has 0 saturated carbocycles. The predicted octanol–water partition coefficient (Wildman–Crippen LogP) is 0.849. The third-order valence-corrected chi connectivity index (χ3v) is 4.79. The van der Waals surface area contributed by atoms with E-state index >= 15 is 0 Å². The summed E-state index contributed by atoms with van der Waals surface area (Å²) in [6, 6.07) is 10.1. The Hall–Kier alpha value is -1.06. The highest BCUT2D eigenvalue weighted by Gasteiger charge is 2.34. The quantitative estimate of drug-likeness (QED) is 0.828. The van der Waals surface area contributed by atoms with E-state index in [1.807, 2.05) is 0 Å². The summed E-state index contributed by atoms with van der Waals surface area (Å²) in [4.78, 5) is 1.68. The number of quaternary nitrogens is 2. The molecule has 2 rings (SSSR count). The van der Waals surface area contributed by atoms with Crippen LogP contribution in [0, 0.1) is 5.92 Å². The third kappa shape index (κ3) is 4.72. The van der Waals surface area contributed by atoms with E-state index in [0.29, 0.717) is 0 Å². The Kier molecular flexibility index (Phi) is 5.65. The molecular formula is C18H32N2O+2. The monoisotopic (exact) mass is 292 g/mol. The lowest BCUT2D eigenvalue weighted by Crippen LogP contribution is -3.16. The summed E-state index contributed by atoms with van der Waals surface area (Å²) in [5, 5.41) is 2.53. The van der Waals surface area contributed by atoms with E-state index in [9.17, 15) is 0 Å². The van der Waals surface area contributed by atoms with Crippen LogP contribution in [0.25, 0.3) is 0 Å². The molecule has 1 saturated heterocycles. The van der Waals surface area contributed by atoms with Gasteiger partial charge in [0.15, 0.2) is 0 Å². The lowest BCUT2D eigenvalue weighted by atomic mass is 9.90. The standard InChI is InChI=1S/C18H30N2O/c1-13(2)21-17-8-6-16(7-9-17)11-19-18-10-15(4)20(5)12-14(18)3/h6-9,13-15,18-19H,10-12H2,1-5H3/p+2/t14-,15-,18-/m1/s1. The normalized spacial score (nSPS) is 29.6. The molecule has 1 fully saturated rings. The predicted molar refractivity (Wildman–Crippen MR) is 86.6 cm³/mol. The maximum Gasteiger partial charge on any atom is 0.119 e. The lowest BCUT2D eigenvalue weighted by Gasteiger charge is -2.35. The number of rotatable bonds is 5. The van der Waals surface area contributed by atoms with Crippen LogP contribution in [0.5, 0.6) is 5.75 Å². The Balaban J connectivity index is 1.85. The molecule has 0 spiro atoms. The molecule has 1 aromatic carbocycles. The van der Waals surface area contributed by atoms with Crippen molar-refractivity contribution in [2.45, 2.75) is 58.8 Å². The lowest BCUT2D eigenvalue weighted by molar-refractivity contribution is -0.923. The van der Waals surface area contributed by atoms with Crippen LogP contribution in [0.4, 0.5) is 0 Å². The third-order valence-electron chi connectivity index (χ3n) is 4.79. The van der Waals surface area contributed by atoms with Crippen molar-refractivity contribution >= 4 is 0 Å². The van der Waals surface area contributed by atoms with Gasteiger partial charge in [-0.05, 0) is 45.0 Å². The van der Waals surface area contributed by atoms with Crippen molar-refractivity contribution in [1.82, 2.24) is 0 Å². The summed E-state index contributed by atoms with van der Waals surface area (Å²) >= 11 is 0. The largest absolute Gasteiger partial charge is 0.491 e. The van der Waals surface area contributed by atoms with Crippen LogP contribution in [0.1, 0.15) is 39.7 Å². The van der Waals surface area contributed by atoms with Gasteiger partial charge in [-0.15, -0.1) is 0 Å². The van der Waals surface area contributed by atoms with Crippen LogP contribution in [-0.4, -0.2) is 31.8 Å². The summed E-state index contributed by atoms with van der Waals surface area (Å²) in [6.45, 7) is 11.3. The molecule has 1 aliphatic rings. The summed E-state index contributed by atoms with van der Waals surface area (Å²) in [6.07, 6.45) is 1.56. The highest BCUT2D eigenvalue weighted by atomic mass is 16.5. The number of hydrogen-bond acceptors (Lipinski definition) is 1. The molecule has 4 atom stereocenters. The van der Waals surface area contributed by atoms with Crippen molar-refractivity contribution in [3.05, 3.63) is 29.8 Å². The molecule has 3 heteroatoms. The van der Waals surface area contributed by atoms with Crippen molar-refractivity contribution in [1.29, 1.82) is 0 Å². The van der Waals surface area contributed by atoms with Gasteiger partial charge in [-0.2, -0.15) is 0 Å². The zero-order valence-electron chi connectivity index (χ0n) is 14.2. The molecule has 1 heterocycles. The number of ether oxygens (including phenoxy) is 1. The Bertz CT molecular complexity index is 429. The number of benzene rings is 1. The second-order valence-electron chi connectivity index (χ2n) is 7.08. The highest BCUT2D eigenvalue weighted by Crippen LogP contribution is 2.13. The maximum atomic E-state index is 5.69. The molecule has 21 heavy (non-hydrogen) atoms. The summed E-state index contributed by atoms with van der Waals surface area (Å²) in [5.41, 5.74) is 1.39. The minimum atomic E-state index is 0.242. The van der Waals surface area contributed by atoms with Crippen LogP contribution in [0.2, 0.25) is 0 Å². The SMILES string of the molecule is CC(C)Oc1ccc(C[NH2+][C@@H]2C[C@@H](C)[NH+](C)C[C@H]2C)cc1. The molecule has 0 aromatic heterocycles. The first-order valence-corrected chi connectivity index (χ1v) is 8.37. The number of hydrogen-bond donors (Lipinski definition) is 2. The van der Waals surface area contributed by atoms with Crippen molar-refractivity contribution in [3.63, 3.8) is 0 Å². The Morgan fingerprint density at radius 3 is 2.52 bits per heavy atom. The number of piperidine rings is 1. The molecule has 0 bridgehead atoms. The molecule has 3 nitrogen and oxygen atoms in total. The average Bonchev–Trinajstić information content (AvgIpc) is 2.42. The molecule has 1 aliphatic heterocycles. The van der Waals surface area contributed by atoms with Gasteiger partial charge in [-0.25, -0.2) is 0 Å². The van der Waals surface area contributed by atoms with Gasteiger partial charge in [0.1, 0.15) is 12.3 Å². The van der Waals surface area contributed by atoms with Crippen LogP contribution >= 0.6 is 0 Å². The van der Waals surface area contributed by atoms with Crippen molar-refractivity contribution < 1.29 is 15.0 Å². The van der Waals surface area contributed by atoms with E-state index in [1.54, 1.807) is 4.90 Å². The van der Waals surface area contributed by atoms with Crippen molar-refractivity contribution in [2.24, 2.45) is 5.92 Å². The fourth-order valence-corrected chi connectivity index (χ4v) is 3.29. The molecule has 0 aliphatic carbocycles. The first kappa shape index (κ1) is 16.3. The minimum absolute atomic E-state index is 0.242. The first-order valence-electron chi connectivity index (χ1n) is 8.37. The van der Waals surface area contributed by atoms with Crippen LogP contribution in [0.3, 0.4) is 0 Å². The van der Waals surface area contributed by atoms with Crippen LogP contribution < -0.4 is 15.0 Å². The second-order valence-corrected chi connectivity index (χ2v) is 7.08. The Morgan fingerprint density at radius 1 is 1.24 bits per heavy atom. The fraction of sp³-hybridized carbons (Fsp3) is 0.667. The zero-order chi connectivity index (χ0) is 15.4. The summed E-state index contributed by atoms with van der Waals surface area (Å²) in [5.74, 6) is 1.77. The molecular weight excluding hydrogens is 260 g/mol. The Morgan fingerprint density at radius 2 is 1.90 bits per heavy atom. The van der Waals surface area contributed by atoms with E-state index in [1.165, 1.54) is 18.5 Å². The van der Waals surface area contributed by atoms with Crippen LogP contribution in [0.15, 0.2) is 24.3 Å². The number of nitrogens with two attached hydrogens (primary N) is 1. The van der Waals surface area contributed by atoms with Gasteiger partial charge in [0, 0.05) is 5.56 Å². The van der Waals surface area contributed by atoms with Gasteiger partial charge < -0.3 is 15.0 Å². The maximum absolute atomic E-state index is 5.69. The van der Waals surface area contributed by atoms with Gasteiger partial charge >= 0.3 is 0 Å². The second kappa shape index (κ2) is 7.28. The average molecular weight is 292 g/mol. The summed E-state index contributed by atoms with van der Waals surface area (Å²) in [7, 11) is 2.32. The van der Waals surface area contributed by atoms with E-state index in [4.69, 9.17) is 4.74 Å². The van der Waals surface area contributed by atoms with E-state index in [-0.39, 0.29) is 6.10 Å².